The van der Waals surface area contributed by atoms with Gasteiger partial charge in [-0.25, -0.2) is 9.67 Å². The molecule has 0 radical (unpaired) electrons. The summed E-state index contributed by atoms with van der Waals surface area (Å²) in [6.07, 6.45) is 3.40. The van der Waals surface area contributed by atoms with Gasteiger partial charge in [0.05, 0.1) is 18.2 Å². The number of benzene rings is 1. The van der Waals surface area contributed by atoms with Crippen LogP contribution in [0.25, 0.3) is 11.4 Å². The van der Waals surface area contributed by atoms with Crippen molar-refractivity contribution >= 4 is 5.91 Å². The molecule has 2 aromatic heterocycles. The second-order valence-corrected chi connectivity index (χ2v) is 7.32. The van der Waals surface area contributed by atoms with Gasteiger partial charge in [0.1, 0.15) is 0 Å². The zero-order valence-corrected chi connectivity index (χ0v) is 15.8. The van der Waals surface area contributed by atoms with Crippen LogP contribution in [0.2, 0.25) is 0 Å². The van der Waals surface area contributed by atoms with Gasteiger partial charge in [0.25, 0.3) is 5.91 Å². The van der Waals surface area contributed by atoms with E-state index in [0.717, 1.165) is 17.0 Å². The van der Waals surface area contributed by atoms with Crippen molar-refractivity contribution in [2.24, 2.45) is 5.92 Å². The van der Waals surface area contributed by atoms with Gasteiger partial charge in [-0.2, -0.15) is 5.10 Å². The van der Waals surface area contributed by atoms with Gasteiger partial charge < -0.3 is 4.90 Å². The number of fused-ring (bicyclic) bond motifs is 1. The number of carbonyl (C=O) groups excluding carboxylic acids is 1. The van der Waals surface area contributed by atoms with Crippen molar-refractivity contribution in [1.29, 1.82) is 0 Å². The number of carbonyl (C=O) groups is 1. The van der Waals surface area contributed by atoms with Crippen molar-refractivity contribution in [3.05, 3.63) is 65.7 Å². The molecular weight excluding hydrogens is 338 g/mol. The van der Waals surface area contributed by atoms with E-state index in [1.54, 1.807) is 12.4 Å². The van der Waals surface area contributed by atoms with Crippen LogP contribution in [0, 0.1) is 12.8 Å². The highest BCUT2D eigenvalue weighted by atomic mass is 16.2. The first-order valence-electron chi connectivity index (χ1n) is 9.27. The van der Waals surface area contributed by atoms with Gasteiger partial charge in [-0.15, -0.1) is 0 Å². The Morgan fingerprint density at radius 2 is 1.93 bits per heavy atom. The van der Waals surface area contributed by atoms with Crippen molar-refractivity contribution in [3.8, 4) is 11.4 Å². The number of rotatable bonds is 3. The molecule has 0 saturated carbocycles. The Balaban J connectivity index is 1.71. The fraction of sp³-hybridized carbons (Fsp3) is 0.333. The third-order valence-electron chi connectivity index (χ3n) is 4.90. The molecule has 1 atom stereocenters. The molecule has 0 aliphatic carbocycles. The van der Waals surface area contributed by atoms with Gasteiger partial charge in [0.2, 0.25) is 0 Å². The van der Waals surface area contributed by atoms with Crippen LogP contribution in [0.4, 0.5) is 0 Å². The minimum atomic E-state index is -0.114. The number of hydrogen-bond donors (Lipinski definition) is 0. The van der Waals surface area contributed by atoms with Crippen LogP contribution in [0.15, 0.2) is 48.8 Å². The maximum Gasteiger partial charge on any atom is 0.256 e. The Bertz CT molecular complexity index is 964. The minimum absolute atomic E-state index is 0.000381. The molecule has 0 N–H and O–H groups in total. The third-order valence-corrected chi connectivity index (χ3v) is 4.90. The van der Waals surface area contributed by atoms with Gasteiger partial charge in [0.15, 0.2) is 11.6 Å². The molecule has 0 fully saturated rings. The molecule has 0 spiro atoms. The Morgan fingerprint density at radius 3 is 2.63 bits per heavy atom. The molecule has 138 valence electrons. The molecule has 27 heavy (non-hydrogen) atoms. The molecule has 6 nitrogen and oxygen atoms in total. The second-order valence-electron chi connectivity index (χ2n) is 7.32. The lowest BCUT2D eigenvalue weighted by Crippen LogP contribution is -2.44. The molecule has 3 heterocycles. The van der Waals surface area contributed by atoms with Gasteiger partial charge in [-0.3, -0.25) is 9.78 Å². The number of aryl methyl sites for hydroxylation is 1. The lowest BCUT2D eigenvalue weighted by Gasteiger charge is -2.37. The van der Waals surface area contributed by atoms with E-state index in [-0.39, 0.29) is 17.9 Å². The molecule has 1 aliphatic heterocycles. The second kappa shape index (κ2) is 6.95. The lowest BCUT2D eigenvalue weighted by molar-refractivity contribution is 0.0536. The van der Waals surface area contributed by atoms with Crippen molar-refractivity contribution in [3.63, 3.8) is 0 Å². The number of amides is 1. The summed E-state index contributed by atoms with van der Waals surface area (Å²) in [5, 5.41) is 4.69. The van der Waals surface area contributed by atoms with Gasteiger partial charge in [-0.05, 0) is 24.5 Å². The average Bonchev–Trinajstić information content (AvgIpc) is 3.11. The van der Waals surface area contributed by atoms with Crippen molar-refractivity contribution in [2.75, 3.05) is 6.54 Å². The Morgan fingerprint density at radius 1 is 1.15 bits per heavy atom. The predicted molar refractivity (Wildman–Crippen MR) is 103 cm³/mol. The van der Waals surface area contributed by atoms with E-state index in [0.29, 0.717) is 24.5 Å². The molecule has 0 bridgehead atoms. The molecule has 0 saturated heterocycles. The summed E-state index contributed by atoms with van der Waals surface area (Å²) >= 11 is 0. The zero-order chi connectivity index (χ0) is 19.0. The lowest BCUT2D eigenvalue weighted by atomic mass is 9.99. The third kappa shape index (κ3) is 3.23. The van der Waals surface area contributed by atoms with Crippen molar-refractivity contribution in [1.82, 2.24) is 24.6 Å². The average molecular weight is 361 g/mol. The van der Waals surface area contributed by atoms with Gasteiger partial charge in [0, 0.05) is 24.5 Å². The van der Waals surface area contributed by atoms with Crippen LogP contribution in [-0.2, 0) is 6.54 Å². The highest BCUT2D eigenvalue weighted by molar-refractivity contribution is 5.94. The molecular formula is C21H23N5O. The van der Waals surface area contributed by atoms with E-state index in [1.165, 1.54) is 0 Å². The smallest absolute Gasteiger partial charge is 0.256 e. The molecule has 4 rings (SSSR count). The normalized spacial score (nSPS) is 16.4. The van der Waals surface area contributed by atoms with Crippen LogP contribution in [-0.4, -0.2) is 37.1 Å². The fourth-order valence-electron chi connectivity index (χ4n) is 3.65. The van der Waals surface area contributed by atoms with E-state index in [2.05, 4.69) is 23.9 Å². The van der Waals surface area contributed by atoms with E-state index in [4.69, 9.17) is 4.98 Å². The van der Waals surface area contributed by atoms with Gasteiger partial charge in [-0.1, -0.05) is 44.2 Å². The summed E-state index contributed by atoms with van der Waals surface area (Å²) < 4.78 is 1.95. The molecule has 1 aromatic carbocycles. The van der Waals surface area contributed by atoms with E-state index >= 15 is 0 Å². The minimum Gasteiger partial charge on any atom is -0.326 e. The van der Waals surface area contributed by atoms with Crippen LogP contribution in [0.1, 0.15) is 41.6 Å². The standard InChI is InChI=1S/C21H23N5O/c1-14(2)18-20-23-19(16-7-5-4-6-8-16)24-26(20)10-9-25(18)21(27)17-11-15(3)12-22-13-17/h4-8,11-14,18H,9-10H2,1-3H3/t18-/m0/s1. The van der Waals surface area contributed by atoms with Crippen LogP contribution in [0.5, 0.6) is 0 Å². The van der Waals surface area contributed by atoms with E-state index in [9.17, 15) is 4.79 Å². The van der Waals surface area contributed by atoms with Gasteiger partial charge >= 0.3 is 0 Å². The van der Waals surface area contributed by atoms with Crippen LogP contribution >= 0.6 is 0 Å². The quantitative estimate of drug-likeness (QED) is 0.716. The summed E-state index contributed by atoms with van der Waals surface area (Å²) in [5.41, 5.74) is 2.59. The molecule has 6 heteroatoms. The SMILES string of the molecule is Cc1cncc(C(=O)N2CCn3nc(-c4ccccc4)nc3[C@@H]2C(C)C)c1. The summed E-state index contributed by atoms with van der Waals surface area (Å²) in [4.78, 5) is 24.1. The molecule has 3 aromatic rings. The van der Waals surface area contributed by atoms with E-state index in [1.807, 2.05) is 52.9 Å². The first-order chi connectivity index (χ1) is 13.0. The summed E-state index contributed by atoms with van der Waals surface area (Å²) in [7, 11) is 0. The monoisotopic (exact) mass is 361 g/mol. The summed E-state index contributed by atoms with van der Waals surface area (Å²) in [5.74, 6) is 1.78. The summed E-state index contributed by atoms with van der Waals surface area (Å²) in [6.45, 7) is 7.43. The molecule has 0 unspecified atom stereocenters. The highest BCUT2D eigenvalue weighted by Crippen LogP contribution is 2.33. The first kappa shape index (κ1) is 17.4. The highest BCUT2D eigenvalue weighted by Gasteiger charge is 2.36. The van der Waals surface area contributed by atoms with Crippen molar-refractivity contribution < 1.29 is 4.79 Å². The number of pyridine rings is 1. The Labute approximate surface area is 158 Å². The maximum atomic E-state index is 13.2. The molecule has 1 amide bonds. The Kier molecular flexibility index (Phi) is 4.48. The zero-order valence-electron chi connectivity index (χ0n) is 15.8. The number of nitrogens with zero attached hydrogens (tertiary/aromatic N) is 5. The number of aromatic nitrogens is 4. The summed E-state index contributed by atoms with van der Waals surface area (Å²) in [6, 6.07) is 11.7. The van der Waals surface area contributed by atoms with E-state index < -0.39 is 0 Å². The topological polar surface area (TPSA) is 63.9 Å². The van der Waals surface area contributed by atoms with Crippen LogP contribution in [0.3, 0.4) is 0 Å². The Hall–Kier alpha value is -3.02. The van der Waals surface area contributed by atoms with Crippen molar-refractivity contribution in [2.45, 2.75) is 33.4 Å². The van der Waals surface area contributed by atoms with Crippen LogP contribution < -0.4 is 0 Å². The number of hydrogen-bond acceptors (Lipinski definition) is 4. The first-order valence-corrected chi connectivity index (χ1v) is 9.27. The molecule has 1 aliphatic rings. The maximum absolute atomic E-state index is 13.2. The largest absolute Gasteiger partial charge is 0.326 e. The predicted octanol–water partition coefficient (Wildman–Crippen LogP) is 3.50. The fourth-order valence-corrected chi connectivity index (χ4v) is 3.65.